The number of hydrogen-bond acceptors (Lipinski definition) is 3. The molecule has 0 N–H and O–H groups in total. The minimum absolute atomic E-state index is 0.0589. The van der Waals surface area contributed by atoms with Gasteiger partial charge in [0.15, 0.2) is 0 Å². The zero-order chi connectivity index (χ0) is 11.8. The fraction of sp³-hybridized carbons (Fsp3) is 0.154. The van der Waals surface area contributed by atoms with Crippen LogP contribution < -0.4 is 4.90 Å². The van der Waals surface area contributed by atoms with Gasteiger partial charge < -0.3 is 9.32 Å². The van der Waals surface area contributed by atoms with Crippen LogP contribution in [0.15, 0.2) is 52.0 Å². The lowest BCUT2D eigenvalue weighted by Crippen LogP contribution is -2.33. The number of nitrogens with zero attached hydrogens (tertiary/aromatic N) is 1. The summed E-state index contributed by atoms with van der Waals surface area (Å²) in [5.41, 5.74) is 0.963. The van der Waals surface area contributed by atoms with E-state index in [1.54, 1.807) is 30.0 Å². The third kappa shape index (κ3) is 1.65. The Morgan fingerprint density at radius 2 is 2.06 bits per heavy atom. The Bertz CT molecular complexity index is 550. The second kappa shape index (κ2) is 3.96. The van der Waals surface area contributed by atoms with E-state index in [2.05, 4.69) is 0 Å². The van der Waals surface area contributed by atoms with E-state index in [4.69, 9.17) is 4.42 Å². The fourth-order valence-corrected chi connectivity index (χ4v) is 3.17. The summed E-state index contributed by atoms with van der Waals surface area (Å²) in [4.78, 5) is 15.0. The molecule has 86 valence electrons. The van der Waals surface area contributed by atoms with Crippen molar-refractivity contribution >= 4 is 23.4 Å². The molecule has 0 aliphatic carbocycles. The molecule has 0 spiro atoms. The first-order valence-electron chi connectivity index (χ1n) is 5.34. The Balaban J connectivity index is 2.05. The number of amides is 1. The van der Waals surface area contributed by atoms with Crippen LogP contribution >= 0.6 is 11.8 Å². The summed E-state index contributed by atoms with van der Waals surface area (Å²) >= 11 is 1.54. The summed E-state index contributed by atoms with van der Waals surface area (Å²) in [6.45, 7) is 0. The van der Waals surface area contributed by atoms with Gasteiger partial charge in [-0.05, 0) is 24.3 Å². The quantitative estimate of drug-likeness (QED) is 0.774. The first kappa shape index (κ1) is 10.5. The van der Waals surface area contributed by atoms with Crippen LogP contribution in [0.5, 0.6) is 0 Å². The van der Waals surface area contributed by atoms with Gasteiger partial charge in [0.25, 0.3) is 0 Å². The molecule has 4 heteroatoms. The van der Waals surface area contributed by atoms with E-state index in [0.29, 0.717) is 5.76 Å². The first-order chi connectivity index (χ1) is 8.27. The van der Waals surface area contributed by atoms with Gasteiger partial charge in [-0.2, -0.15) is 0 Å². The Labute approximate surface area is 103 Å². The van der Waals surface area contributed by atoms with Gasteiger partial charge in [-0.1, -0.05) is 12.1 Å². The molecule has 1 atom stereocenters. The molecule has 2 aromatic rings. The highest BCUT2D eigenvalue weighted by molar-refractivity contribution is 8.00. The van der Waals surface area contributed by atoms with E-state index >= 15 is 0 Å². The van der Waals surface area contributed by atoms with Crippen LogP contribution in [0.3, 0.4) is 0 Å². The molecule has 1 aromatic carbocycles. The maximum atomic E-state index is 12.2. The molecule has 1 aromatic heterocycles. The van der Waals surface area contributed by atoms with E-state index in [1.807, 2.05) is 36.4 Å². The van der Waals surface area contributed by atoms with Crippen LogP contribution in [0.1, 0.15) is 11.0 Å². The predicted molar refractivity (Wildman–Crippen MR) is 67.2 cm³/mol. The lowest BCUT2D eigenvalue weighted by atomic mass is 10.2. The molecule has 0 radical (unpaired) electrons. The summed E-state index contributed by atoms with van der Waals surface area (Å²) in [7, 11) is 1.80. The van der Waals surface area contributed by atoms with Gasteiger partial charge in [0.2, 0.25) is 5.91 Å². The number of para-hydroxylation sites is 1. The minimum atomic E-state index is -0.273. The highest BCUT2D eigenvalue weighted by atomic mass is 32.2. The minimum Gasteiger partial charge on any atom is -0.468 e. The van der Waals surface area contributed by atoms with Crippen LogP contribution in [-0.2, 0) is 4.79 Å². The highest BCUT2D eigenvalue weighted by Crippen LogP contribution is 2.45. The molecule has 3 nitrogen and oxygen atoms in total. The number of thioether (sulfide) groups is 1. The number of rotatable bonds is 1. The van der Waals surface area contributed by atoms with Crippen molar-refractivity contribution in [2.45, 2.75) is 10.1 Å². The molecule has 1 aliphatic rings. The summed E-state index contributed by atoms with van der Waals surface area (Å²) < 4.78 is 5.34. The number of likely N-dealkylation sites (N-methyl/N-ethyl adjacent to an activating group) is 1. The van der Waals surface area contributed by atoms with Crippen molar-refractivity contribution in [3.63, 3.8) is 0 Å². The van der Waals surface area contributed by atoms with Crippen LogP contribution in [-0.4, -0.2) is 13.0 Å². The van der Waals surface area contributed by atoms with Crippen molar-refractivity contribution in [2.75, 3.05) is 11.9 Å². The van der Waals surface area contributed by atoms with Crippen LogP contribution in [0, 0.1) is 0 Å². The molecule has 17 heavy (non-hydrogen) atoms. The molecule has 2 heterocycles. The van der Waals surface area contributed by atoms with Crippen LogP contribution in [0.4, 0.5) is 5.69 Å². The third-order valence-electron chi connectivity index (χ3n) is 2.83. The van der Waals surface area contributed by atoms with E-state index < -0.39 is 0 Å². The maximum absolute atomic E-state index is 12.2. The van der Waals surface area contributed by atoms with Gasteiger partial charge in [0, 0.05) is 11.9 Å². The average Bonchev–Trinajstić information content (AvgIpc) is 2.87. The van der Waals surface area contributed by atoms with Gasteiger partial charge in [0.05, 0.1) is 12.0 Å². The Kier molecular flexibility index (Phi) is 2.44. The summed E-state index contributed by atoms with van der Waals surface area (Å²) in [5, 5.41) is -0.273. The van der Waals surface area contributed by atoms with E-state index in [9.17, 15) is 4.79 Å². The molecule has 0 saturated carbocycles. The predicted octanol–water partition coefficient (Wildman–Crippen LogP) is 3.09. The number of carbonyl (C=O) groups is 1. The standard InChI is InChI=1S/C13H11NO2S/c1-14-9-5-2-3-7-11(9)17-12(13(14)15)10-6-4-8-16-10/h2-8,12H,1H3. The van der Waals surface area contributed by atoms with Crippen molar-refractivity contribution < 1.29 is 9.21 Å². The lowest BCUT2D eigenvalue weighted by Gasteiger charge is -2.29. The monoisotopic (exact) mass is 245 g/mol. The van der Waals surface area contributed by atoms with Crippen molar-refractivity contribution in [3.8, 4) is 0 Å². The van der Waals surface area contributed by atoms with E-state index in [-0.39, 0.29) is 11.2 Å². The molecule has 1 aliphatic heterocycles. The number of hydrogen-bond donors (Lipinski definition) is 0. The highest BCUT2D eigenvalue weighted by Gasteiger charge is 2.33. The molecular weight excluding hydrogens is 234 g/mol. The Morgan fingerprint density at radius 3 is 2.82 bits per heavy atom. The number of furan rings is 1. The SMILES string of the molecule is CN1C(=O)C(c2ccco2)Sc2ccccc21. The van der Waals surface area contributed by atoms with Crippen molar-refractivity contribution in [1.82, 2.24) is 0 Å². The number of benzene rings is 1. The maximum Gasteiger partial charge on any atom is 0.248 e. The van der Waals surface area contributed by atoms with Crippen molar-refractivity contribution in [3.05, 3.63) is 48.4 Å². The van der Waals surface area contributed by atoms with E-state index in [0.717, 1.165) is 10.6 Å². The first-order valence-corrected chi connectivity index (χ1v) is 6.22. The molecule has 0 bridgehead atoms. The Hall–Kier alpha value is -1.68. The molecular formula is C13H11NO2S. The number of fused-ring (bicyclic) bond motifs is 1. The Morgan fingerprint density at radius 1 is 1.24 bits per heavy atom. The van der Waals surface area contributed by atoms with Crippen LogP contribution in [0.2, 0.25) is 0 Å². The second-order valence-corrected chi connectivity index (χ2v) is 5.03. The van der Waals surface area contributed by atoms with Crippen LogP contribution in [0.25, 0.3) is 0 Å². The topological polar surface area (TPSA) is 33.5 Å². The number of anilines is 1. The van der Waals surface area contributed by atoms with Gasteiger partial charge >= 0.3 is 0 Å². The van der Waals surface area contributed by atoms with Crippen molar-refractivity contribution in [1.29, 1.82) is 0 Å². The molecule has 0 fully saturated rings. The summed E-state index contributed by atoms with van der Waals surface area (Å²) in [6.07, 6.45) is 1.60. The zero-order valence-corrected chi connectivity index (χ0v) is 10.1. The summed E-state index contributed by atoms with van der Waals surface area (Å²) in [5.74, 6) is 0.769. The van der Waals surface area contributed by atoms with E-state index in [1.165, 1.54) is 0 Å². The smallest absolute Gasteiger partial charge is 0.248 e. The largest absolute Gasteiger partial charge is 0.468 e. The lowest BCUT2D eigenvalue weighted by molar-refractivity contribution is -0.118. The van der Waals surface area contributed by atoms with Gasteiger partial charge in [0.1, 0.15) is 11.0 Å². The molecule has 1 unspecified atom stereocenters. The van der Waals surface area contributed by atoms with Gasteiger partial charge in [-0.3, -0.25) is 4.79 Å². The van der Waals surface area contributed by atoms with Crippen molar-refractivity contribution in [2.24, 2.45) is 0 Å². The van der Waals surface area contributed by atoms with Gasteiger partial charge in [-0.25, -0.2) is 0 Å². The molecule has 3 rings (SSSR count). The second-order valence-electron chi connectivity index (χ2n) is 3.88. The summed E-state index contributed by atoms with van der Waals surface area (Å²) in [6, 6.07) is 11.6. The third-order valence-corrected chi connectivity index (χ3v) is 4.10. The normalized spacial score (nSPS) is 19.2. The van der Waals surface area contributed by atoms with Gasteiger partial charge in [-0.15, -0.1) is 11.8 Å². The zero-order valence-electron chi connectivity index (χ0n) is 9.29. The fourth-order valence-electron chi connectivity index (χ4n) is 1.93. The number of carbonyl (C=O) groups excluding carboxylic acids is 1. The molecule has 1 amide bonds. The average molecular weight is 245 g/mol. The molecule has 0 saturated heterocycles.